The maximum atomic E-state index is 12.0. The van der Waals surface area contributed by atoms with Gasteiger partial charge < -0.3 is 20.6 Å². The fourth-order valence-corrected chi connectivity index (χ4v) is 1.84. The SMILES string of the molecule is CN(CCO)C(=O)c1ccc2c(c1)NCCN2. The molecule has 0 aliphatic carbocycles. The van der Waals surface area contributed by atoms with Crippen molar-refractivity contribution in [1.29, 1.82) is 0 Å². The lowest BCUT2D eigenvalue weighted by Gasteiger charge is -2.21. The van der Waals surface area contributed by atoms with Crippen LogP contribution in [-0.4, -0.2) is 49.2 Å². The summed E-state index contributed by atoms with van der Waals surface area (Å²) in [5.74, 6) is -0.0748. The van der Waals surface area contributed by atoms with Crippen LogP contribution in [0.25, 0.3) is 0 Å². The molecular weight excluding hydrogens is 218 g/mol. The summed E-state index contributed by atoms with van der Waals surface area (Å²) >= 11 is 0. The number of fused-ring (bicyclic) bond motifs is 1. The largest absolute Gasteiger partial charge is 0.395 e. The molecule has 3 N–H and O–H groups in total. The predicted molar refractivity (Wildman–Crippen MR) is 67.5 cm³/mol. The molecule has 0 fully saturated rings. The van der Waals surface area contributed by atoms with Crippen LogP contribution in [0.15, 0.2) is 18.2 Å². The van der Waals surface area contributed by atoms with E-state index >= 15 is 0 Å². The Balaban J connectivity index is 2.19. The second-order valence-electron chi connectivity index (χ2n) is 4.06. The highest BCUT2D eigenvalue weighted by molar-refractivity contribution is 5.96. The van der Waals surface area contributed by atoms with E-state index in [-0.39, 0.29) is 12.5 Å². The number of hydrogen-bond donors (Lipinski definition) is 3. The van der Waals surface area contributed by atoms with Gasteiger partial charge in [0.2, 0.25) is 0 Å². The number of carbonyl (C=O) groups is 1. The number of hydrogen-bond acceptors (Lipinski definition) is 4. The van der Waals surface area contributed by atoms with Crippen molar-refractivity contribution in [1.82, 2.24) is 4.90 Å². The van der Waals surface area contributed by atoms with Crippen molar-refractivity contribution < 1.29 is 9.90 Å². The summed E-state index contributed by atoms with van der Waals surface area (Å²) in [5.41, 5.74) is 2.62. The van der Waals surface area contributed by atoms with Crippen molar-refractivity contribution in [2.24, 2.45) is 0 Å². The molecule has 1 heterocycles. The van der Waals surface area contributed by atoms with Gasteiger partial charge in [-0.3, -0.25) is 4.79 Å². The number of likely N-dealkylation sites (N-methyl/N-ethyl adjacent to an activating group) is 1. The minimum Gasteiger partial charge on any atom is -0.395 e. The lowest BCUT2D eigenvalue weighted by atomic mass is 10.1. The molecular formula is C12H17N3O2. The monoisotopic (exact) mass is 235 g/mol. The number of aliphatic hydroxyl groups is 1. The summed E-state index contributed by atoms with van der Waals surface area (Å²) in [6, 6.07) is 5.55. The molecule has 92 valence electrons. The van der Waals surface area contributed by atoms with Crippen LogP contribution in [-0.2, 0) is 0 Å². The maximum absolute atomic E-state index is 12.0. The first kappa shape index (κ1) is 11.7. The van der Waals surface area contributed by atoms with Gasteiger partial charge in [0.1, 0.15) is 0 Å². The van der Waals surface area contributed by atoms with E-state index in [2.05, 4.69) is 10.6 Å². The van der Waals surface area contributed by atoms with Gasteiger partial charge in [-0.15, -0.1) is 0 Å². The number of aliphatic hydroxyl groups excluding tert-OH is 1. The summed E-state index contributed by atoms with van der Waals surface area (Å²) in [5, 5.41) is 15.3. The van der Waals surface area contributed by atoms with Crippen molar-refractivity contribution in [3.8, 4) is 0 Å². The second kappa shape index (κ2) is 5.05. The van der Waals surface area contributed by atoms with Crippen molar-refractivity contribution >= 4 is 17.3 Å². The third-order valence-corrected chi connectivity index (χ3v) is 2.80. The lowest BCUT2D eigenvalue weighted by molar-refractivity contribution is 0.0767. The van der Waals surface area contributed by atoms with Crippen molar-refractivity contribution in [3.05, 3.63) is 23.8 Å². The highest BCUT2D eigenvalue weighted by atomic mass is 16.3. The summed E-state index contributed by atoms with van der Waals surface area (Å²) in [6.07, 6.45) is 0. The number of anilines is 2. The predicted octanol–water partition coefficient (Wildman–Crippen LogP) is 0.588. The van der Waals surface area contributed by atoms with Gasteiger partial charge in [-0.05, 0) is 18.2 Å². The number of rotatable bonds is 3. The fraction of sp³-hybridized carbons (Fsp3) is 0.417. The normalized spacial score (nSPS) is 13.3. The Morgan fingerprint density at radius 1 is 1.35 bits per heavy atom. The molecule has 1 aromatic carbocycles. The Bertz CT molecular complexity index is 420. The first-order valence-electron chi connectivity index (χ1n) is 5.70. The van der Waals surface area contributed by atoms with Gasteiger partial charge >= 0.3 is 0 Å². The van der Waals surface area contributed by atoms with Gasteiger partial charge in [-0.25, -0.2) is 0 Å². The molecule has 1 aliphatic rings. The lowest BCUT2D eigenvalue weighted by Crippen LogP contribution is -2.29. The number of nitrogens with zero attached hydrogens (tertiary/aromatic N) is 1. The highest BCUT2D eigenvalue weighted by Crippen LogP contribution is 2.25. The average Bonchev–Trinajstić information content (AvgIpc) is 2.37. The number of carbonyl (C=O) groups excluding carboxylic acids is 1. The van der Waals surface area contributed by atoms with Gasteiger partial charge in [-0.2, -0.15) is 0 Å². The zero-order valence-electron chi connectivity index (χ0n) is 9.86. The molecule has 0 unspecified atom stereocenters. The average molecular weight is 235 g/mol. The van der Waals surface area contributed by atoms with E-state index < -0.39 is 0 Å². The van der Waals surface area contributed by atoms with E-state index in [1.807, 2.05) is 12.1 Å². The van der Waals surface area contributed by atoms with Crippen LogP contribution in [0.3, 0.4) is 0 Å². The molecule has 0 saturated carbocycles. The minimum absolute atomic E-state index is 0.0208. The van der Waals surface area contributed by atoms with Crippen LogP contribution in [0.5, 0.6) is 0 Å². The quantitative estimate of drug-likeness (QED) is 0.717. The maximum Gasteiger partial charge on any atom is 0.253 e. The molecule has 17 heavy (non-hydrogen) atoms. The van der Waals surface area contributed by atoms with Gasteiger partial charge in [0.05, 0.1) is 18.0 Å². The van der Waals surface area contributed by atoms with E-state index in [1.165, 1.54) is 4.90 Å². The van der Waals surface area contributed by atoms with Crippen LogP contribution in [0.1, 0.15) is 10.4 Å². The Kier molecular flexibility index (Phi) is 3.49. The van der Waals surface area contributed by atoms with E-state index in [9.17, 15) is 4.79 Å². The van der Waals surface area contributed by atoms with Crippen LogP contribution >= 0.6 is 0 Å². The van der Waals surface area contributed by atoms with Crippen LogP contribution in [0.4, 0.5) is 11.4 Å². The summed E-state index contributed by atoms with van der Waals surface area (Å²) in [7, 11) is 1.68. The molecule has 0 bridgehead atoms. The van der Waals surface area contributed by atoms with Crippen molar-refractivity contribution in [3.63, 3.8) is 0 Å². The number of benzene rings is 1. The van der Waals surface area contributed by atoms with Gasteiger partial charge in [0, 0.05) is 32.2 Å². The van der Waals surface area contributed by atoms with Crippen molar-refractivity contribution in [2.45, 2.75) is 0 Å². The summed E-state index contributed by atoms with van der Waals surface area (Å²) < 4.78 is 0. The molecule has 2 rings (SSSR count). The van der Waals surface area contributed by atoms with Crippen LogP contribution in [0, 0.1) is 0 Å². The van der Waals surface area contributed by atoms with Gasteiger partial charge in [0.25, 0.3) is 5.91 Å². The highest BCUT2D eigenvalue weighted by Gasteiger charge is 2.14. The fourth-order valence-electron chi connectivity index (χ4n) is 1.84. The molecule has 0 spiro atoms. The summed E-state index contributed by atoms with van der Waals surface area (Å²) in [4.78, 5) is 13.5. The number of amides is 1. The molecule has 0 radical (unpaired) electrons. The van der Waals surface area contributed by atoms with Crippen LogP contribution in [0.2, 0.25) is 0 Å². The standard InChI is InChI=1S/C12H17N3O2/c1-15(6-7-16)12(17)9-2-3-10-11(8-9)14-5-4-13-10/h2-3,8,13-14,16H,4-7H2,1H3. The Morgan fingerprint density at radius 2 is 2.06 bits per heavy atom. The third-order valence-electron chi connectivity index (χ3n) is 2.80. The minimum atomic E-state index is -0.0748. The van der Waals surface area contributed by atoms with E-state index in [0.29, 0.717) is 12.1 Å². The molecule has 1 aliphatic heterocycles. The Hall–Kier alpha value is -1.75. The molecule has 0 aromatic heterocycles. The first-order valence-corrected chi connectivity index (χ1v) is 5.70. The van der Waals surface area contributed by atoms with E-state index in [0.717, 1.165) is 24.5 Å². The molecule has 1 amide bonds. The Morgan fingerprint density at radius 3 is 2.76 bits per heavy atom. The zero-order valence-corrected chi connectivity index (χ0v) is 9.86. The second-order valence-corrected chi connectivity index (χ2v) is 4.06. The third kappa shape index (κ3) is 2.50. The molecule has 0 atom stereocenters. The molecule has 1 aromatic rings. The molecule has 0 saturated heterocycles. The smallest absolute Gasteiger partial charge is 0.253 e. The molecule has 5 nitrogen and oxygen atoms in total. The van der Waals surface area contributed by atoms with E-state index in [4.69, 9.17) is 5.11 Å². The topological polar surface area (TPSA) is 64.6 Å². The van der Waals surface area contributed by atoms with E-state index in [1.54, 1.807) is 13.1 Å². The van der Waals surface area contributed by atoms with Crippen LogP contribution < -0.4 is 10.6 Å². The zero-order chi connectivity index (χ0) is 12.3. The van der Waals surface area contributed by atoms with Gasteiger partial charge in [-0.1, -0.05) is 0 Å². The molecule has 5 heteroatoms. The van der Waals surface area contributed by atoms with Crippen molar-refractivity contribution in [2.75, 3.05) is 43.9 Å². The first-order chi connectivity index (χ1) is 8.22. The number of nitrogens with one attached hydrogen (secondary N) is 2. The Labute approximate surface area is 100 Å². The summed E-state index contributed by atoms with van der Waals surface area (Å²) in [6.45, 7) is 2.08. The van der Waals surface area contributed by atoms with Gasteiger partial charge in [0.15, 0.2) is 0 Å².